The van der Waals surface area contributed by atoms with Crippen molar-refractivity contribution in [2.24, 2.45) is 18.7 Å². The zero-order chi connectivity index (χ0) is 13.0. The minimum absolute atomic E-state index is 0.0143. The van der Waals surface area contributed by atoms with Crippen LogP contribution in [0.4, 0.5) is 0 Å². The summed E-state index contributed by atoms with van der Waals surface area (Å²) in [5, 5.41) is 4.06. The first-order chi connectivity index (χ1) is 7.93. The fourth-order valence-electron chi connectivity index (χ4n) is 1.80. The van der Waals surface area contributed by atoms with Crippen LogP contribution in [0, 0.1) is 5.92 Å². The molecule has 0 amide bonds. The SMILES string of the molecule is CC(N)CCCC(C)C(=O)c1c(Br)cnn1C. The number of aromatic nitrogens is 2. The van der Waals surface area contributed by atoms with Crippen molar-refractivity contribution < 1.29 is 4.79 Å². The highest BCUT2D eigenvalue weighted by atomic mass is 79.9. The molecule has 5 heteroatoms. The fraction of sp³-hybridized carbons (Fsp3) is 0.667. The fourth-order valence-corrected chi connectivity index (χ4v) is 2.34. The highest BCUT2D eigenvalue weighted by molar-refractivity contribution is 9.10. The standard InChI is InChI=1S/C12H20BrN3O/c1-8(5-4-6-9(2)14)12(17)11-10(13)7-15-16(11)3/h7-9H,4-6,14H2,1-3H3. The van der Waals surface area contributed by atoms with Crippen molar-refractivity contribution >= 4 is 21.7 Å². The van der Waals surface area contributed by atoms with E-state index in [4.69, 9.17) is 5.73 Å². The molecule has 2 N–H and O–H groups in total. The molecule has 0 aliphatic heterocycles. The minimum atomic E-state index is 0.0143. The average molecular weight is 302 g/mol. The van der Waals surface area contributed by atoms with Gasteiger partial charge in [-0.05, 0) is 35.7 Å². The van der Waals surface area contributed by atoms with Crippen LogP contribution in [0.2, 0.25) is 0 Å². The van der Waals surface area contributed by atoms with Gasteiger partial charge in [-0.25, -0.2) is 0 Å². The summed E-state index contributed by atoms with van der Waals surface area (Å²) in [5.41, 5.74) is 6.34. The minimum Gasteiger partial charge on any atom is -0.328 e. The summed E-state index contributed by atoms with van der Waals surface area (Å²) in [5.74, 6) is 0.155. The van der Waals surface area contributed by atoms with E-state index >= 15 is 0 Å². The predicted molar refractivity (Wildman–Crippen MR) is 71.9 cm³/mol. The molecule has 0 aliphatic rings. The van der Waals surface area contributed by atoms with Crippen LogP contribution >= 0.6 is 15.9 Å². The quantitative estimate of drug-likeness (QED) is 0.821. The van der Waals surface area contributed by atoms with Crippen LogP contribution in [0.5, 0.6) is 0 Å². The molecular weight excluding hydrogens is 282 g/mol. The molecule has 1 aromatic heterocycles. The van der Waals surface area contributed by atoms with Gasteiger partial charge in [-0.1, -0.05) is 13.3 Å². The van der Waals surface area contributed by atoms with E-state index in [0.29, 0.717) is 5.69 Å². The number of aryl methyl sites for hydroxylation is 1. The van der Waals surface area contributed by atoms with Gasteiger partial charge in [-0.2, -0.15) is 5.10 Å². The smallest absolute Gasteiger partial charge is 0.184 e. The summed E-state index contributed by atoms with van der Waals surface area (Å²) >= 11 is 3.35. The van der Waals surface area contributed by atoms with Crippen LogP contribution in [0.25, 0.3) is 0 Å². The van der Waals surface area contributed by atoms with Crippen LogP contribution in [0.1, 0.15) is 43.6 Å². The summed E-state index contributed by atoms with van der Waals surface area (Å²) in [4.78, 5) is 12.2. The summed E-state index contributed by atoms with van der Waals surface area (Å²) in [6, 6.07) is 0.209. The summed E-state index contributed by atoms with van der Waals surface area (Å²) in [6.07, 6.45) is 4.48. The molecule has 0 bridgehead atoms. The van der Waals surface area contributed by atoms with Gasteiger partial charge in [0.1, 0.15) is 5.69 Å². The number of nitrogens with two attached hydrogens (primary N) is 1. The Morgan fingerprint density at radius 3 is 2.65 bits per heavy atom. The van der Waals surface area contributed by atoms with Gasteiger partial charge in [0, 0.05) is 19.0 Å². The van der Waals surface area contributed by atoms with Crippen molar-refractivity contribution in [2.75, 3.05) is 0 Å². The lowest BCUT2D eigenvalue weighted by Gasteiger charge is -2.12. The number of hydrogen-bond acceptors (Lipinski definition) is 3. The first-order valence-corrected chi connectivity index (χ1v) is 6.70. The molecular formula is C12H20BrN3O. The molecule has 4 nitrogen and oxygen atoms in total. The number of halogens is 1. The van der Waals surface area contributed by atoms with Crippen molar-refractivity contribution in [3.63, 3.8) is 0 Å². The van der Waals surface area contributed by atoms with Gasteiger partial charge < -0.3 is 5.73 Å². The summed E-state index contributed by atoms with van der Waals surface area (Å²) < 4.78 is 2.39. The molecule has 1 heterocycles. The van der Waals surface area contributed by atoms with Crippen LogP contribution in [-0.2, 0) is 7.05 Å². The number of carbonyl (C=O) groups excluding carboxylic acids is 1. The van der Waals surface area contributed by atoms with Crippen LogP contribution in [0.3, 0.4) is 0 Å². The monoisotopic (exact) mass is 301 g/mol. The van der Waals surface area contributed by atoms with Crippen molar-refractivity contribution in [3.8, 4) is 0 Å². The lowest BCUT2D eigenvalue weighted by atomic mass is 9.96. The second-order valence-corrected chi connectivity index (χ2v) is 5.49. The molecule has 2 atom stereocenters. The first kappa shape index (κ1) is 14.4. The number of carbonyl (C=O) groups is 1. The Bertz CT molecular complexity index is 368. The van der Waals surface area contributed by atoms with Gasteiger partial charge in [0.25, 0.3) is 0 Å². The summed E-state index contributed by atoms with van der Waals surface area (Å²) in [6.45, 7) is 3.95. The number of Topliss-reactive ketones (excluding diaryl/α,β-unsaturated/α-hetero) is 1. The van der Waals surface area contributed by atoms with Crippen molar-refractivity contribution in [1.29, 1.82) is 0 Å². The van der Waals surface area contributed by atoms with E-state index in [0.717, 1.165) is 23.7 Å². The lowest BCUT2D eigenvalue weighted by Crippen LogP contribution is -2.18. The van der Waals surface area contributed by atoms with Crippen molar-refractivity contribution in [3.05, 3.63) is 16.4 Å². The van der Waals surface area contributed by atoms with E-state index in [9.17, 15) is 4.79 Å². The Morgan fingerprint density at radius 2 is 2.18 bits per heavy atom. The van der Waals surface area contributed by atoms with Gasteiger partial charge >= 0.3 is 0 Å². The third-order valence-electron chi connectivity index (χ3n) is 2.87. The van der Waals surface area contributed by atoms with Gasteiger partial charge in [-0.3, -0.25) is 9.48 Å². The Hall–Kier alpha value is -0.680. The van der Waals surface area contributed by atoms with Crippen LogP contribution in [0.15, 0.2) is 10.7 Å². The van der Waals surface area contributed by atoms with E-state index in [1.54, 1.807) is 17.9 Å². The third kappa shape index (κ3) is 3.92. The Morgan fingerprint density at radius 1 is 1.53 bits per heavy atom. The van der Waals surface area contributed by atoms with Gasteiger partial charge in [-0.15, -0.1) is 0 Å². The molecule has 2 unspecified atom stereocenters. The highest BCUT2D eigenvalue weighted by Crippen LogP contribution is 2.21. The van der Waals surface area contributed by atoms with Crippen LogP contribution in [-0.4, -0.2) is 21.6 Å². The van der Waals surface area contributed by atoms with Gasteiger partial charge in [0.15, 0.2) is 5.78 Å². The topological polar surface area (TPSA) is 60.9 Å². The normalized spacial score (nSPS) is 14.6. The molecule has 0 aromatic carbocycles. The molecule has 17 heavy (non-hydrogen) atoms. The molecule has 0 radical (unpaired) electrons. The molecule has 0 aliphatic carbocycles. The molecule has 1 rings (SSSR count). The van der Waals surface area contributed by atoms with E-state index in [1.165, 1.54) is 0 Å². The van der Waals surface area contributed by atoms with Gasteiger partial charge in [0.2, 0.25) is 0 Å². The maximum Gasteiger partial charge on any atom is 0.184 e. The zero-order valence-electron chi connectivity index (χ0n) is 10.6. The molecule has 1 aromatic rings. The number of rotatable bonds is 6. The maximum absolute atomic E-state index is 12.2. The molecule has 0 saturated carbocycles. The van der Waals surface area contributed by atoms with Crippen molar-refractivity contribution in [2.45, 2.75) is 39.2 Å². The van der Waals surface area contributed by atoms with Gasteiger partial charge in [0.05, 0.1) is 10.7 Å². The van der Waals surface area contributed by atoms with Crippen molar-refractivity contribution in [1.82, 2.24) is 9.78 Å². The Balaban J connectivity index is 2.58. The zero-order valence-corrected chi connectivity index (χ0v) is 12.2. The molecule has 0 saturated heterocycles. The molecule has 0 spiro atoms. The number of ketones is 1. The third-order valence-corrected chi connectivity index (χ3v) is 3.45. The maximum atomic E-state index is 12.2. The average Bonchev–Trinajstić information content (AvgIpc) is 2.57. The Kier molecular flexibility index (Phi) is 5.33. The highest BCUT2D eigenvalue weighted by Gasteiger charge is 2.21. The summed E-state index contributed by atoms with van der Waals surface area (Å²) in [7, 11) is 1.78. The largest absolute Gasteiger partial charge is 0.328 e. The van der Waals surface area contributed by atoms with E-state index < -0.39 is 0 Å². The second kappa shape index (κ2) is 6.31. The van der Waals surface area contributed by atoms with Crippen LogP contribution < -0.4 is 5.73 Å². The second-order valence-electron chi connectivity index (χ2n) is 4.64. The molecule has 0 fully saturated rings. The first-order valence-electron chi connectivity index (χ1n) is 5.90. The van der Waals surface area contributed by atoms with E-state index in [2.05, 4.69) is 21.0 Å². The number of hydrogen-bond donors (Lipinski definition) is 1. The Labute approximate surface area is 111 Å². The number of nitrogens with zero attached hydrogens (tertiary/aromatic N) is 2. The van der Waals surface area contributed by atoms with E-state index in [-0.39, 0.29) is 17.7 Å². The molecule has 96 valence electrons. The lowest BCUT2D eigenvalue weighted by molar-refractivity contribution is 0.0911. The predicted octanol–water partition coefficient (Wildman–Crippen LogP) is 2.52. The van der Waals surface area contributed by atoms with E-state index in [1.807, 2.05) is 13.8 Å².